The Morgan fingerprint density at radius 2 is 2.12 bits per heavy atom. The van der Waals surface area contributed by atoms with Crippen molar-refractivity contribution >= 4 is 23.3 Å². The maximum absolute atomic E-state index is 10.7. The van der Waals surface area contributed by atoms with Crippen molar-refractivity contribution in [2.45, 2.75) is 12.8 Å². The van der Waals surface area contributed by atoms with Crippen LogP contribution in [0.2, 0.25) is 5.02 Å². The number of anilines is 1. The Balaban J connectivity index is 2.57. The predicted octanol–water partition coefficient (Wildman–Crippen LogP) is 2.22. The summed E-state index contributed by atoms with van der Waals surface area (Å²) in [5, 5.41) is 20.8. The topological polar surface area (TPSA) is 69.6 Å². The average molecular weight is 244 g/mol. The lowest BCUT2D eigenvalue weighted by Crippen LogP contribution is -2.04. The Morgan fingerprint density at radius 1 is 1.38 bits per heavy atom. The summed E-state index contributed by atoms with van der Waals surface area (Å²) in [6.07, 6.45) is 1.57. The van der Waals surface area contributed by atoms with E-state index in [2.05, 4.69) is 5.32 Å². The first-order valence-corrected chi connectivity index (χ1v) is 5.40. The summed E-state index contributed by atoms with van der Waals surface area (Å²) in [6, 6.07) is 4.56. The van der Waals surface area contributed by atoms with Gasteiger partial charge in [0.25, 0.3) is 0 Å². The number of benzene rings is 1. The van der Waals surface area contributed by atoms with Gasteiger partial charge in [0, 0.05) is 13.2 Å². The summed E-state index contributed by atoms with van der Waals surface area (Å²) >= 11 is 5.91. The molecule has 0 heterocycles. The van der Waals surface area contributed by atoms with Gasteiger partial charge in [0.2, 0.25) is 0 Å². The third-order valence-electron chi connectivity index (χ3n) is 2.12. The number of nitrogens with one attached hydrogen (secondary N) is 1. The maximum Gasteiger partial charge on any atom is 0.335 e. The lowest BCUT2D eigenvalue weighted by atomic mass is 10.2. The first-order chi connectivity index (χ1) is 7.65. The fourth-order valence-corrected chi connectivity index (χ4v) is 1.50. The number of unbranched alkanes of at least 4 members (excludes halogenated alkanes) is 1. The highest BCUT2D eigenvalue weighted by Gasteiger charge is 2.06. The summed E-state index contributed by atoms with van der Waals surface area (Å²) in [7, 11) is 0. The minimum Gasteiger partial charge on any atom is -0.478 e. The number of aliphatic hydroxyl groups excluding tert-OH is 1. The van der Waals surface area contributed by atoms with Crippen LogP contribution in [0.15, 0.2) is 18.2 Å². The molecule has 88 valence electrons. The first-order valence-electron chi connectivity index (χ1n) is 5.02. The molecule has 1 rings (SSSR count). The zero-order valence-corrected chi connectivity index (χ0v) is 9.50. The molecule has 0 aliphatic carbocycles. The van der Waals surface area contributed by atoms with E-state index in [1.165, 1.54) is 12.1 Å². The number of rotatable bonds is 6. The molecular weight excluding hydrogens is 230 g/mol. The van der Waals surface area contributed by atoms with Crippen molar-refractivity contribution in [3.05, 3.63) is 28.8 Å². The number of aliphatic hydroxyl groups is 1. The third-order valence-corrected chi connectivity index (χ3v) is 2.43. The molecule has 4 nitrogen and oxygen atoms in total. The van der Waals surface area contributed by atoms with E-state index in [0.29, 0.717) is 17.3 Å². The van der Waals surface area contributed by atoms with E-state index in [9.17, 15) is 4.79 Å². The minimum atomic E-state index is -0.992. The van der Waals surface area contributed by atoms with E-state index >= 15 is 0 Å². The Labute approximate surface area is 98.9 Å². The fraction of sp³-hybridized carbons (Fsp3) is 0.364. The fourth-order valence-electron chi connectivity index (χ4n) is 1.25. The molecule has 0 aromatic heterocycles. The van der Waals surface area contributed by atoms with Gasteiger partial charge in [-0.25, -0.2) is 4.79 Å². The van der Waals surface area contributed by atoms with E-state index in [1.807, 2.05) is 0 Å². The Kier molecular flexibility index (Phi) is 5.08. The van der Waals surface area contributed by atoms with Crippen molar-refractivity contribution in [1.82, 2.24) is 0 Å². The summed E-state index contributed by atoms with van der Waals surface area (Å²) in [4.78, 5) is 10.7. The predicted molar refractivity (Wildman–Crippen MR) is 63.2 cm³/mol. The molecule has 0 fully saturated rings. The molecule has 0 bridgehead atoms. The van der Waals surface area contributed by atoms with Crippen LogP contribution in [-0.4, -0.2) is 29.3 Å². The minimum absolute atomic E-state index is 0.172. The van der Waals surface area contributed by atoms with E-state index in [-0.39, 0.29) is 12.2 Å². The second kappa shape index (κ2) is 6.35. The summed E-state index contributed by atoms with van der Waals surface area (Å²) in [6.45, 7) is 0.875. The summed E-state index contributed by atoms with van der Waals surface area (Å²) in [5.74, 6) is -0.992. The summed E-state index contributed by atoms with van der Waals surface area (Å²) < 4.78 is 0. The van der Waals surface area contributed by atoms with Gasteiger partial charge in [0.1, 0.15) is 0 Å². The highest BCUT2D eigenvalue weighted by molar-refractivity contribution is 6.33. The van der Waals surface area contributed by atoms with Gasteiger partial charge < -0.3 is 15.5 Å². The van der Waals surface area contributed by atoms with Gasteiger partial charge in [-0.3, -0.25) is 0 Å². The molecule has 5 heteroatoms. The Morgan fingerprint density at radius 3 is 2.69 bits per heavy atom. The van der Waals surface area contributed by atoms with E-state index in [4.69, 9.17) is 21.8 Å². The zero-order chi connectivity index (χ0) is 12.0. The van der Waals surface area contributed by atoms with Crippen LogP contribution >= 0.6 is 11.6 Å². The monoisotopic (exact) mass is 243 g/mol. The molecule has 0 amide bonds. The van der Waals surface area contributed by atoms with Crippen molar-refractivity contribution in [2.75, 3.05) is 18.5 Å². The molecular formula is C11H14ClNO3. The smallest absolute Gasteiger partial charge is 0.335 e. The maximum atomic E-state index is 10.7. The third kappa shape index (κ3) is 3.72. The van der Waals surface area contributed by atoms with Crippen LogP contribution in [0.4, 0.5) is 5.69 Å². The summed E-state index contributed by atoms with van der Waals surface area (Å²) in [5.41, 5.74) is 0.885. The van der Waals surface area contributed by atoms with E-state index in [0.717, 1.165) is 12.8 Å². The van der Waals surface area contributed by atoms with Crippen molar-refractivity contribution < 1.29 is 15.0 Å². The van der Waals surface area contributed by atoms with Crippen molar-refractivity contribution in [3.63, 3.8) is 0 Å². The second-order valence-electron chi connectivity index (χ2n) is 3.36. The molecule has 0 saturated heterocycles. The zero-order valence-electron chi connectivity index (χ0n) is 8.74. The van der Waals surface area contributed by atoms with Crippen LogP contribution in [-0.2, 0) is 0 Å². The molecule has 0 aliphatic heterocycles. The number of hydrogen-bond acceptors (Lipinski definition) is 3. The van der Waals surface area contributed by atoms with Gasteiger partial charge in [0.15, 0.2) is 0 Å². The standard InChI is InChI=1S/C11H14ClNO3/c12-9-7-8(11(15)16)3-4-10(9)13-5-1-2-6-14/h3-4,7,13-14H,1-2,5-6H2,(H,15,16). The molecule has 0 atom stereocenters. The number of halogens is 1. The van der Waals surface area contributed by atoms with E-state index < -0.39 is 5.97 Å². The van der Waals surface area contributed by atoms with Gasteiger partial charge in [-0.05, 0) is 31.0 Å². The lowest BCUT2D eigenvalue weighted by molar-refractivity contribution is 0.0697. The first kappa shape index (κ1) is 12.8. The van der Waals surface area contributed by atoms with Gasteiger partial charge in [-0.15, -0.1) is 0 Å². The quantitative estimate of drug-likeness (QED) is 0.670. The second-order valence-corrected chi connectivity index (χ2v) is 3.76. The van der Waals surface area contributed by atoms with Crippen LogP contribution in [0, 0.1) is 0 Å². The number of carbonyl (C=O) groups is 1. The molecule has 0 radical (unpaired) electrons. The lowest BCUT2D eigenvalue weighted by Gasteiger charge is -2.08. The van der Waals surface area contributed by atoms with Gasteiger partial charge in [-0.1, -0.05) is 11.6 Å². The highest BCUT2D eigenvalue weighted by Crippen LogP contribution is 2.23. The number of carboxylic acid groups (broad SMARTS) is 1. The SMILES string of the molecule is O=C(O)c1ccc(NCCCCO)c(Cl)c1. The van der Waals surface area contributed by atoms with Crippen molar-refractivity contribution in [1.29, 1.82) is 0 Å². The van der Waals surface area contributed by atoms with Crippen molar-refractivity contribution in [2.24, 2.45) is 0 Å². The van der Waals surface area contributed by atoms with Crippen LogP contribution in [0.5, 0.6) is 0 Å². The van der Waals surface area contributed by atoms with Crippen LogP contribution in [0.1, 0.15) is 23.2 Å². The van der Waals surface area contributed by atoms with Gasteiger partial charge >= 0.3 is 5.97 Å². The normalized spacial score (nSPS) is 10.1. The molecule has 1 aromatic rings. The van der Waals surface area contributed by atoms with Crippen LogP contribution in [0.25, 0.3) is 0 Å². The largest absolute Gasteiger partial charge is 0.478 e. The Hall–Kier alpha value is -1.26. The Bertz CT molecular complexity index is 368. The molecule has 1 aromatic carbocycles. The van der Waals surface area contributed by atoms with Crippen molar-refractivity contribution in [3.8, 4) is 0 Å². The average Bonchev–Trinajstić information content (AvgIpc) is 2.26. The molecule has 0 aliphatic rings. The van der Waals surface area contributed by atoms with Crippen LogP contribution in [0.3, 0.4) is 0 Å². The highest BCUT2D eigenvalue weighted by atomic mass is 35.5. The van der Waals surface area contributed by atoms with E-state index in [1.54, 1.807) is 6.07 Å². The number of aromatic carboxylic acids is 1. The van der Waals surface area contributed by atoms with Gasteiger partial charge in [-0.2, -0.15) is 0 Å². The molecule has 0 unspecified atom stereocenters. The van der Waals surface area contributed by atoms with Gasteiger partial charge in [0.05, 0.1) is 16.3 Å². The molecule has 3 N–H and O–H groups in total. The molecule has 16 heavy (non-hydrogen) atoms. The number of carboxylic acids is 1. The molecule has 0 spiro atoms. The molecule has 0 saturated carbocycles. The van der Waals surface area contributed by atoms with Crippen LogP contribution < -0.4 is 5.32 Å². The number of hydrogen-bond donors (Lipinski definition) is 3.